The van der Waals surface area contributed by atoms with Gasteiger partial charge in [-0.15, -0.1) is 6.58 Å². The lowest BCUT2D eigenvalue weighted by molar-refractivity contribution is -0.192. The number of hydrogen-bond acceptors (Lipinski definition) is 5. The summed E-state index contributed by atoms with van der Waals surface area (Å²) in [6, 6.07) is 0.447. The topological polar surface area (TPSA) is 76.8 Å². The van der Waals surface area contributed by atoms with E-state index in [4.69, 9.17) is 19.4 Å². The predicted molar refractivity (Wildman–Crippen MR) is 90.0 cm³/mol. The second kappa shape index (κ2) is 9.34. The molecule has 152 valence electrons. The number of ether oxygens (including phenoxy) is 2. The van der Waals surface area contributed by atoms with Gasteiger partial charge in [0.05, 0.1) is 31.6 Å². The number of alkyl halides is 3. The van der Waals surface area contributed by atoms with Gasteiger partial charge in [-0.1, -0.05) is 6.08 Å². The molecule has 2 fully saturated rings. The van der Waals surface area contributed by atoms with Gasteiger partial charge in [0.15, 0.2) is 0 Å². The number of carboxylic acid groups (broad SMARTS) is 1. The highest BCUT2D eigenvalue weighted by atomic mass is 19.4. The van der Waals surface area contributed by atoms with Crippen molar-refractivity contribution in [2.24, 2.45) is 7.05 Å². The minimum Gasteiger partial charge on any atom is -0.475 e. The third-order valence-corrected chi connectivity index (χ3v) is 4.47. The van der Waals surface area contributed by atoms with Crippen LogP contribution >= 0.6 is 0 Å². The van der Waals surface area contributed by atoms with Crippen molar-refractivity contribution >= 4 is 5.97 Å². The minimum atomic E-state index is -5.08. The summed E-state index contributed by atoms with van der Waals surface area (Å²) < 4.78 is 45.5. The number of aliphatic carboxylic acids is 1. The SMILES string of the molecule is C=CCOC1C2CCC1N(Cc1cnn(C)c1)CCO2.O=C(O)C(F)(F)F. The number of hydrogen-bond donors (Lipinski definition) is 1. The summed E-state index contributed by atoms with van der Waals surface area (Å²) in [7, 11) is 1.95. The lowest BCUT2D eigenvalue weighted by atomic mass is 10.1. The van der Waals surface area contributed by atoms with E-state index in [1.165, 1.54) is 5.56 Å². The molecule has 0 aromatic carbocycles. The van der Waals surface area contributed by atoms with Gasteiger partial charge in [-0.3, -0.25) is 9.58 Å². The summed E-state index contributed by atoms with van der Waals surface area (Å²) in [5, 5.41) is 11.4. The van der Waals surface area contributed by atoms with Crippen LogP contribution in [0.5, 0.6) is 0 Å². The van der Waals surface area contributed by atoms with E-state index in [1.54, 1.807) is 0 Å². The molecule has 1 saturated heterocycles. The molecule has 1 aliphatic heterocycles. The normalized spacial score (nSPS) is 25.4. The largest absolute Gasteiger partial charge is 0.490 e. The Labute approximate surface area is 155 Å². The number of nitrogens with zero attached hydrogens (tertiary/aromatic N) is 3. The van der Waals surface area contributed by atoms with Crippen LogP contribution in [-0.2, 0) is 27.9 Å². The molecule has 1 aliphatic carbocycles. The molecule has 1 saturated carbocycles. The smallest absolute Gasteiger partial charge is 0.475 e. The van der Waals surface area contributed by atoms with Crippen molar-refractivity contribution in [2.45, 2.75) is 43.8 Å². The number of aromatic nitrogens is 2. The molecule has 3 atom stereocenters. The maximum atomic E-state index is 10.6. The molecule has 3 unspecified atom stereocenters. The zero-order valence-electron chi connectivity index (χ0n) is 15.1. The minimum absolute atomic E-state index is 0.173. The van der Waals surface area contributed by atoms with E-state index < -0.39 is 12.1 Å². The summed E-state index contributed by atoms with van der Waals surface area (Å²) in [5.41, 5.74) is 1.25. The molecule has 7 nitrogen and oxygen atoms in total. The first-order chi connectivity index (χ1) is 12.7. The molecule has 2 heterocycles. The van der Waals surface area contributed by atoms with E-state index in [-0.39, 0.29) is 12.2 Å². The van der Waals surface area contributed by atoms with Crippen LogP contribution in [0.2, 0.25) is 0 Å². The summed E-state index contributed by atoms with van der Waals surface area (Å²) in [5.74, 6) is -2.76. The molecule has 2 aliphatic rings. The lowest BCUT2D eigenvalue weighted by Gasteiger charge is -2.30. The molecular weight excluding hydrogens is 367 g/mol. The molecular formula is C17H24F3N3O4. The van der Waals surface area contributed by atoms with Crippen LogP contribution in [0.3, 0.4) is 0 Å². The molecule has 0 amide bonds. The fraction of sp³-hybridized carbons (Fsp3) is 0.647. The monoisotopic (exact) mass is 391 g/mol. The molecule has 1 N–H and O–H groups in total. The number of carbonyl (C=O) groups is 1. The van der Waals surface area contributed by atoms with Crippen molar-refractivity contribution in [3.8, 4) is 0 Å². The number of fused-ring (bicyclic) bond motifs is 2. The first kappa shape index (κ1) is 21.4. The number of aryl methyl sites for hydroxylation is 1. The van der Waals surface area contributed by atoms with Gasteiger partial charge < -0.3 is 14.6 Å². The maximum absolute atomic E-state index is 10.6. The van der Waals surface area contributed by atoms with E-state index in [0.29, 0.717) is 12.6 Å². The second-order valence-corrected chi connectivity index (χ2v) is 6.44. The Morgan fingerprint density at radius 1 is 1.52 bits per heavy atom. The Kier molecular flexibility index (Phi) is 7.40. The Morgan fingerprint density at radius 3 is 2.78 bits per heavy atom. The fourth-order valence-corrected chi connectivity index (χ4v) is 3.35. The predicted octanol–water partition coefficient (Wildman–Crippen LogP) is 1.99. The van der Waals surface area contributed by atoms with Crippen molar-refractivity contribution in [3.05, 3.63) is 30.6 Å². The van der Waals surface area contributed by atoms with Crippen LogP contribution in [0, 0.1) is 0 Å². The average molecular weight is 391 g/mol. The third-order valence-electron chi connectivity index (χ3n) is 4.47. The fourth-order valence-electron chi connectivity index (χ4n) is 3.35. The van der Waals surface area contributed by atoms with Gasteiger partial charge in [0.25, 0.3) is 0 Å². The highest BCUT2D eigenvalue weighted by Gasteiger charge is 2.42. The first-order valence-corrected chi connectivity index (χ1v) is 8.58. The van der Waals surface area contributed by atoms with Crippen LogP contribution < -0.4 is 0 Å². The van der Waals surface area contributed by atoms with Gasteiger partial charge in [0.1, 0.15) is 0 Å². The van der Waals surface area contributed by atoms with Crippen LogP contribution in [-0.4, -0.2) is 69.9 Å². The van der Waals surface area contributed by atoms with Crippen molar-refractivity contribution in [3.63, 3.8) is 0 Å². The van der Waals surface area contributed by atoms with Crippen LogP contribution in [0.15, 0.2) is 25.0 Å². The number of carboxylic acids is 1. The summed E-state index contributed by atoms with van der Waals surface area (Å²) >= 11 is 0. The van der Waals surface area contributed by atoms with Crippen molar-refractivity contribution in [1.29, 1.82) is 0 Å². The molecule has 27 heavy (non-hydrogen) atoms. The maximum Gasteiger partial charge on any atom is 0.490 e. The number of rotatable bonds is 5. The molecule has 1 aromatic rings. The Bertz CT molecular complexity index is 635. The van der Waals surface area contributed by atoms with Gasteiger partial charge in [-0.25, -0.2) is 4.79 Å². The highest BCUT2D eigenvalue weighted by molar-refractivity contribution is 5.73. The first-order valence-electron chi connectivity index (χ1n) is 8.58. The molecule has 10 heteroatoms. The summed E-state index contributed by atoms with van der Waals surface area (Å²) in [6.07, 6.45) is 3.42. The standard InChI is InChI=1S/C15H23N3O2.C2HF3O2/c1-3-7-20-15-13-4-5-14(15)19-8-6-18(13)11-12-9-16-17(2)10-12;3-2(4,5)1(6)7/h3,9-10,13-15H,1,4-8,11H2,2H3;(H,6,7). The van der Waals surface area contributed by atoms with Crippen molar-refractivity contribution in [2.75, 3.05) is 19.8 Å². The summed E-state index contributed by atoms with van der Waals surface area (Å²) in [4.78, 5) is 11.4. The molecule has 3 rings (SSSR count). The second-order valence-electron chi connectivity index (χ2n) is 6.44. The Morgan fingerprint density at radius 2 is 2.22 bits per heavy atom. The average Bonchev–Trinajstić information content (AvgIpc) is 3.12. The molecule has 0 radical (unpaired) electrons. The van der Waals surface area contributed by atoms with Crippen LogP contribution in [0.25, 0.3) is 0 Å². The molecule has 2 bridgehead atoms. The van der Waals surface area contributed by atoms with Crippen LogP contribution in [0.4, 0.5) is 13.2 Å². The van der Waals surface area contributed by atoms with E-state index in [9.17, 15) is 13.2 Å². The molecule has 1 aromatic heterocycles. The van der Waals surface area contributed by atoms with E-state index in [2.05, 4.69) is 22.8 Å². The van der Waals surface area contributed by atoms with Gasteiger partial charge in [0.2, 0.25) is 0 Å². The number of halogens is 3. The quantitative estimate of drug-likeness (QED) is 0.774. The van der Waals surface area contributed by atoms with E-state index >= 15 is 0 Å². The van der Waals surface area contributed by atoms with Gasteiger partial charge in [0, 0.05) is 37.9 Å². The van der Waals surface area contributed by atoms with Crippen LogP contribution in [0.1, 0.15) is 18.4 Å². The van der Waals surface area contributed by atoms with Gasteiger partial charge in [-0.2, -0.15) is 18.3 Å². The summed E-state index contributed by atoms with van der Waals surface area (Å²) in [6.45, 7) is 7.01. The highest BCUT2D eigenvalue weighted by Crippen LogP contribution is 2.32. The van der Waals surface area contributed by atoms with Gasteiger partial charge in [-0.05, 0) is 12.8 Å². The zero-order chi connectivity index (χ0) is 20.0. The van der Waals surface area contributed by atoms with E-state index in [0.717, 1.165) is 32.5 Å². The van der Waals surface area contributed by atoms with Crippen molar-refractivity contribution in [1.82, 2.24) is 14.7 Å². The molecule has 0 spiro atoms. The third kappa shape index (κ3) is 6.05. The Hall–Kier alpha value is -1.91. The van der Waals surface area contributed by atoms with Gasteiger partial charge >= 0.3 is 12.1 Å². The lowest BCUT2D eigenvalue weighted by Crippen LogP contribution is -2.42. The van der Waals surface area contributed by atoms with E-state index in [1.807, 2.05) is 24.0 Å². The van der Waals surface area contributed by atoms with Crippen molar-refractivity contribution < 1.29 is 32.5 Å². The Balaban J connectivity index is 0.000000321. The zero-order valence-corrected chi connectivity index (χ0v) is 15.1.